The second-order valence-corrected chi connectivity index (χ2v) is 5.62. The lowest BCUT2D eigenvalue weighted by molar-refractivity contribution is 0.504. The van der Waals surface area contributed by atoms with Crippen LogP contribution >= 0.6 is 23.2 Å². The van der Waals surface area contributed by atoms with E-state index in [-0.39, 0.29) is 11.1 Å². The summed E-state index contributed by atoms with van der Waals surface area (Å²) in [6.07, 6.45) is 0. The minimum absolute atomic E-state index is 0.180. The van der Waals surface area contributed by atoms with Crippen molar-refractivity contribution in [1.82, 2.24) is 5.32 Å². The molecular formula is C16H15Cl2F2N. The van der Waals surface area contributed by atoms with Gasteiger partial charge in [-0.2, -0.15) is 0 Å². The third-order valence-electron chi connectivity index (χ3n) is 3.31. The van der Waals surface area contributed by atoms with E-state index in [1.807, 2.05) is 26.0 Å². The van der Waals surface area contributed by atoms with E-state index in [1.165, 1.54) is 0 Å². The third kappa shape index (κ3) is 3.54. The molecule has 0 radical (unpaired) electrons. The van der Waals surface area contributed by atoms with Gasteiger partial charge in [-0.1, -0.05) is 36.2 Å². The standard InChI is InChI=1S/C16H15Cl2F2N/c1-3-21-16(11-6-10(17)5-4-9(11)2)12-7-14(19)15(20)8-13(12)18/h4-8,16,21H,3H2,1-2H3. The molecular weight excluding hydrogens is 315 g/mol. The third-order valence-corrected chi connectivity index (χ3v) is 3.87. The maximum Gasteiger partial charge on any atom is 0.160 e. The van der Waals surface area contributed by atoms with Crippen LogP contribution in [0.5, 0.6) is 0 Å². The fourth-order valence-electron chi connectivity index (χ4n) is 2.27. The predicted molar refractivity (Wildman–Crippen MR) is 83.1 cm³/mol. The van der Waals surface area contributed by atoms with E-state index in [2.05, 4.69) is 5.32 Å². The highest BCUT2D eigenvalue weighted by Crippen LogP contribution is 2.33. The van der Waals surface area contributed by atoms with Gasteiger partial charge in [0.15, 0.2) is 11.6 Å². The lowest BCUT2D eigenvalue weighted by atomic mass is 9.94. The molecule has 0 heterocycles. The molecule has 1 N–H and O–H groups in total. The Kier molecular flexibility index (Phi) is 5.20. The normalized spacial score (nSPS) is 12.5. The fourth-order valence-corrected chi connectivity index (χ4v) is 2.71. The van der Waals surface area contributed by atoms with Crippen molar-refractivity contribution in [2.45, 2.75) is 19.9 Å². The first-order valence-electron chi connectivity index (χ1n) is 6.58. The van der Waals surface area contributed by atoms with E-state index < -0.39 is 11.6 Å². The molecule has 0 aliphatic rings. The van der Waals surface area contributed by atoms with Crippen LogP contribution in [-0.2, 0) is 0 Å². The van der Waals surface area contributed by atoms with Crippen molar-refractivity contribution in [2.75, 3.05) is 6.54 Å². The summed E-state index contributed by atoms with van der Waals surface area (Å²) in [6.45, 7) is 4.51. The number of aryl methyl sites for hydroxylation is 1. The molecule has 0 spiro atoms. The van der Waals surface area contributed by atoms with Gasteiger partial charge >= 0.3 is 0 Å². The first kappa shape index (κ1) is 16.2. The second-order valence-electron chi connectivity index (χ2n) is 4.78. The molecule has 0 fully saturated rings. The zero-order valence-corrected chi connectivity index (χ0v) is 13.2. The van der Waals surface area contributed by atoms with Gasteiger partial charge in [-0.25, -0.2) is 8.78 Å². The van der Waals surface area contributed by atoms with Crippen LogP contribution in [0.2, 0.25) is 10.0 Å². The highest BCUT2D eigenvalue weighted by Gasteiger charge is 2.20. The molecule has 0 aromatic heterocycles. The van der Waals surface area contributed by atoms with Crippen LogP contribution in [0.1, 0.15) is 29.7 Å². The monoisotopic (exact) mass is 329 g/mol. The molecule has 21 heavy (non-hydrogen) atoms. The lowest BCUT2D eigenvalue weighted by Gasteiger charge is -2.22. The number of halogens is 4. The smallest absolute Gasteiger partial charge is 0.160 e. The van der Waals surface area contributed by atoms with Crippen LogP contribution in [0.4, 0.5) is 8.78 Å². The van der Waals surface area contributed by atoms with Gasteiger partial charge in [0.2, 0.25) is 0 Å². The van der Waals surface area contributed by atoms with Crippen molar-refractivity contribution >= 4 is 23.2 Å². The average molecular weight is 330 g/mol. The Labute approximate surface area is 132 Å². The van der Waals surface area contributed by atoms with Crippen LogP contribution < -0.4 is 5.32 Å². The molecule has 5 heteroatoms. The minimum atomic E-state index is -0.957. The van der Waals surface area contributed by atoms with Gasteiger partial charge in [-0.15, -0.1) is 0 Å². The maximum atomic E-state index is 13.6. The molecule has 1 unspecified atom stereocenters. The van der Waals surface area contributed by atoms with Crippen LogP contribution in [0.25, 0.3) is 0 Å². The van der Waals surface area contributed by atoms with Crippen LogP contribution in [-0.4, -0.2) is 6.54 Å². The second kappa shape index (κ2) is 6.73. The Balaban J connectivity index is 2.58. The molecule has 2 rings (SSSR count). The summed E-state index contributed by atoms with van der Waals surface area (Å²) in [7, 11) is 0. The summed E-state index contributed by atoms with van der Waals surface area (Å²) in [5, 5.41) is 4.00. The Hall–Kier alpha value is -1.16. The Morgan fingerprint density at radius 2 is 1.71 bits per heavy atom. The minimum Gasteiger partial charge on any atom is -0.306 e. The number of rotatable bonds is 4. The van der Waals surface area contributed by atoms with Crippen molar-refractivity contribution < 1.29 is 8.78 Å². The number of benzene rings is 2. The van der Waals surface area contributed by atoms with Gasteiger partial charge in [0.05, 0.1) is 6.04 Å². The van der Waals surface area contributed by atoms with E-state index in [4.69, 9.17) is 23.2 Å². The molecule has 2 aromatic rings. The molecule has 0 amide bonds. The van der Waals surface area contributed by atoms with Crippen molar-refractivity contribution in [3.63, 3.8) is 0 Å². The van der Waals surface area contributed by atoms with Gasteiger partial charge in [0.25, 0.3) is 0 Å². The van der Waals surface area contributed by atoms with E-state index in [0.717, 1.165) is 23.3 Å². The maximum absolute atomic E-state index is 13.6. The molecule has 0 aliphatic carbocycles. The van der Waals surface area contributed by atoms with Gasteiger partial charge in [0, 0.05) is 10.0 Å². The van der Waals surface area contributed by atoms with Crippen molar-refractivity contribution in [1.29, 1.82) is 0 Å². The molecule has 1 atom stereocenters. The Morgan fingerprint density at radius 3 is 2.38 bits per heavy atom. The summed E-state index contributed by atoms with van der Waals surface area (Å²) < 4.78 is 26.8. The summed E-state index contributed by atoms with van der Waals surface area (Å²) in [5.74, 6) is -1.88. The van der Waals surface area contributed by atoms with Gasteiger partial charge in [-0.3, -0.25) is 0 Å². The topological polar surface area (TPSA) is 12.0 Å². The van der Waals surface area contributed by atoms with Crippen LogP contribution in [0.3, 0.4) is 0 Å². The highest BCUT2D eigenvalue weighted by molar-refractivity contribution is 6.31. The molecule has 0 saturated heterocycles. The van der Waals surface area contributed by atoms with E-state index >= 15 is 0 Å². The molecule has 112 valence electrons. The first-order valence-corrected chi connectivity index (χ1v) is 7.33. The zero-order valence-electron chi connectivity index (χ0n) is 11.7. The largest absolute Gasteiger partial charge is 0.306 e. The number of hydrogen-bond acceptors (Lipinski definition) is 1. The van der Waals surface area contributed by atoms with Crippen molar-refractivity contribution in [3.8, 4) is 0 Å². The zero-order chi connectivity index (χ0) is 15.6. The van der Waals surface area contributed by atoms with E-state index in [1.54, 1.807) is 6.07 Å². The summed E-state index contributed by atoms with van der Waals surface area (Å²) in [6, 6.07) is 7.26. The van der Waals surface area contributed by atoms with Gasteiger partial charge in [0.1, 0.15) is 0 Å². The van der Waals surface area contributed by atoms with Crippen molar-refractivity contribution in [2.24, 2.45) is 0 Å². The summed E-state index contributed by atoms with van der Waals surface area (Å²) >= 11 is 12.1. The van der Waals surface area contributed by atoms with Crippen LogP contribution in [0, 0.1) is 18.6 Å². The molecule has 0 saturated carbocycles. The lowest BCUT2D eigenvalue weighted by Crippen LogP contribution is -2.23. The quantitative estimate of drug-likeness (QED) is 0.752. The SMILES string of the molecule is CCNC(c1cc(Cl)ccc1C)c1cc(F)c(F)cc1Cl. The average Bonchev–Trinajstić information content (AvgIpc) is 2.43. The molecule has 0 aliphatic heterocycles. The van der Waals surface area contributed by atoms with E-state index in [0.29, 0.717) is 17.1 Å². The highest BCUT2D eigenvalue weighted by atomic mass is 35.5. The Bertz CT molecular complexity index is 659. The number of nitrogens with one attached hydrogen (secondary N) is 1. The predicted octanol–water partition coefficient (Wildman–Crippen LogP) is 5.28. The molecule has 1 nitrogen and oxygen atoms in total. The van der Waals surface area contributed by atoms with Crippen LogP contribution in [0.15, 0.2) is 30.3 Å². The van der Waals surface area contributed by atoms with Gasteiger partial charge in [-0.05, 0) is 54.4 Å². The van der Waals surface area contributed by atoms with E-state index in [9.17, 15) is 8.78 Å². The fraction of sp³-hybridized carbons (Fsp3) is 0.250. The summed E-state index contributed by atoms with van der Waals surface area (Å²) in [5.41, 5.74) is 2.37. The molecule has 2 aromatic carbocycles. The number of hydrogen-bond donors (Lipinski definition) is 1. The first-order chi connectivity index (χ1) is 9.93. The van der Waals surface area contributed by atoms with Gasteiger partial charge < -0.3 is 5.32 Å². The summed E-state index contributed by atoms with van der Waals surface area (Å²) in [4.78, 5) is 0. The molecule has 0 bridgehead atoms. The van der Waals surface area contributed by atoms with Crippen molar-refractivity contribution in [3.05, 3.63) is 68.7 Å². The Morgan fingerprint density at radius 1 is 1.05 bits per heavy atom.